The topological polar surface area (TPSA) is 70.5 Å². The second kappa shape index (κ2) is 3.41. The van der Waals surface area contributed by atoms with Crippen molar-refractivity contribution in [2.75, 3.05) is 5.73 Å². The lowest BCUT2D eigenvalue weighted by Gasteiger charge is -2.16. The molecule has 1 aromatic heterocycles. The summed E-state index contributed by atoms with van der Waals surface area (Å²) in [4.78, 5) is 0. The van der Waals surface area contributed by atoms with Gasteiger partial charge in [-0.25, -0.2) is 0 Å². The second-order valence-corrected chi connectivity index (χ2v) is 4.83. The number of nitrogens with zero attached hydrogens (tertiary/aromatic N) is 1. The van der Waals surface area contributed by atoms with E-state index >= 15 is 0 Å². The van der Waals surface area contributed by atoms with Gasteiger partial charge in [-0.2, -0.15) is 0 Å². The van der Waals surface area contributed by atoms with E-state index in [9.17, 15) is 0 Å². The highest BCUT2D eigenvalue weighted by Gasteiger charge is 2.32. The molecule has 0 spiro atoms. The molecule has 0 fully saturated rings. The summed E-state index contributed by atoms with van der Waals surface area (Å²) in [7, 11) is 0. The predicted octanol–water partition coefficient (Wildman–Crippen LogP) is 2.74. The van der Waals surface area contributed by atoms with Crippen LogP contribution in [0.2, 0.25) is 0 Å². The van der Waals surface area contributed by atoms with Crippen molar-refractivity contribution in [3.05, 3.63) is 23.8 Å². The fourth-order valence-corrected chi connectivity index (χ4v) is 2.06. The molecule has 1 aromatic carbocycles. The molecule has 0 radical (unpaired) electrons. The van der Waals surface area contributed by atoms with Crippen LogP contribution in [-0.2, 0) is 0 Å². The van der Waals surface area contributed by atoms with E-state index in [1.54, 1.807) is 6.07 Å². The van der Waals surface area contributed by atoms with Crippen LogP contribution in [-0.4, -0.2) is 10.9 Å². The average molecular weight is 246 g/mol. The molecule has 2 N–H and O–H groups in total. The molecule has 2 aromatic rings. The molecule has 5 heteroatoms. The Hall–Kier alpha value is -2.17. The van der Waals surface area contributed by atoms with Gasteiger partial charge in [-0.3, -0.25) is 0 Å². The number of ether oxygens (including phenoxy) is 2. The van der Waals surface area contributed by atoms with Crippen molar-refractivity contribution in [1.29, 1.82) is 0 Å². The lowest BCUT2D eigenvalue weighted by Crippen LogP contribution is -2.29. The number of benzene rings is 1. The van der Waals surface area contributed by atoms with Crippen LogP contribution < -0.4 is 15.2 Å². The average Bonchev–Trinajstić information content (AvgIpc) is 2.79. The first-order valence-corrected chi connectivity index (χ1v) is 5.70. The molecule has 0 unspecified atom stereocenters. The number of aryl methyl sites for hydroxylation is 1. The number of anilines is 1. The molecular weight excluding hydrogens is 232 g/mol. The summed E-state index contributed by atoms with van der Waals surface area (Å²) in [6.07, 6.45) is 0. The van der Waals surface area contributed by atoms with E-state index in [2.05, 4.69) is 5.16 Å². The van der Waals surface area contributed by atoms with Gasteiger partial charge in [0.1, 0.15) is 5.69 Å². The minimum absolute atomic E-state index is 0.294. The van der Waals surface area contributed by atoms with Crippen molar-refractivity contribution in [3.8, 4) is 22.8 Å². The van der Waals surface area contributed by atoms with Crippen LogP contribution in [0.3, 0.4) is 0 Å². The van der Waals surface area contributed by atoms with E-state index < -0.39 is 5.79 Å². The lowest BCUT2D eigenvalue weighted by molar-refractivity contribution is -0.0431. The van der Waals surface area contributed by atoms with Gasteiger partial charge in [-0.05, 0) is 24.6 Å². The van der Waals surface area contributed by atoms with E-state index in [1.165, 1.54) is 0 Å². The Balaban J connectivity index is 2.09. The molecule has 0 atom stereocenters. The van der Waals surface area contributed by atoms with Crippen molar-refractivity contribution < 1.29 is 14.0 Å². The number of hydrogen-bond acceptors (Lipinski definition) is 5. The lowest BCUT2D eigenvalue weighted by atomic mass is 10.0. The SMILES string of the molecule is Cc1cc2c(cc1-c1cc(N)on1)OC(C)(C)O2. The van der Waals surface area contributed by atoms with Crippen molar-refractivity contribution in [2.45, 2.75) is 26.6 Å². The van der Waals surface area contributed by atoms with E-state index in [-0.39, 0.29) is 0 Å². The molecule has 0 aliphatic carbocycles. The molecule has 0 saturated heterocycles. The summed E-state index contributed by atoms with van der Waals surface area (Å²) in [5.41, 5.74) is 8.19. The molecule has 2 heterocycles. The molecule has 1 aliphatic rings. The summed E-state index contributed by atoms with van der Waals surface area (Å²) in [6, 6.07) is 5.52. The first-order valence-electron chi connectivity index (χ1n) is 5.70. The van der Waals surface area contributed by atoms with Gasteiger partial charge in [0.2, 0.25) is 11.7 Å². The molecule has 0 amide bonds. The maximum absolute atomic E-state index is 5.71. The molecule has 18 heavy (non-hydrogen) atoms. The zero-order valence-corrected chi connectivity index (χ0v) is 10.5. The van der Waals surface area contributed by atoms with Gasteiger partial charge >= 0.3 is 0 Å². The minimum atomic E-state index is -0.629. The molecule has 0 saturated carbocycles. The van der Waals surface area contributed by atoms with Crippen LogP contribution in [0.5, 0.6) is 11.5 Å². The van der Waals surface area contributed by atoms with E-state index in [0.29, 0.717) is 17.3 Å². The number of nitrogens with two attached hydrogens (primary N) is 1. The first-order chi connectivity index (χ1) is 8.44. The number of nitrogen functional groups attached to an aromatic ring is 1. The Bertz CT molecular complexity index is 617. The van der Waals surface area contributed by atoms with Crippen molar-refractivity contribution >= 4 is 5.88 Å². The standard InChI is InChI=1S/C13H14N2O3/c1-7-4-10-11(17-13(2,3)16-10)5-8(7)9-6-12(14)18-15-9/h4-6H,14H2,1-3H3. The van der Waals surface area contributed by atoms with Gasteiger partial charge in [0.15, 0.2) is 11.5 Å². The van der Waals surface area contributed by atoms with Crippen molar-refractivity contribution in [2.24, 2.45) is 0 Å². The molecule has 3 rings (SSSR count). The smallest absolute Gasteiger partial charge is 0.246 e. The molecular formula is C13H14N2O3. The van der Waals surface area contributed by atoms with Crippen LogP contribution in [0.1, 0.15) is 19.4 Å². The second-order valence-electron chi connectivity index (χ2n) is 4.83. The third kappa shape index (κ3) is 1.68. The summed E-state index contributed by atoms with van der Waals surface area (Å²) >= 11 is 0. The van der Waals surface area contributed by atoms with Gasteiger partial charge < -0.3 is 19.7 Å². The van der Waals surface area contributed by atoms with E-state index in [0.717, 1.165) is 16.9 Å². The molecule has 1 aliphatic heterocycles. The normalized spacial score (nSPS) is 15.9. The minimum Gasteiger partial charge on any atom is -0.449 e. The largest absolute Gasteiger partial charge is 0.449 e. The molecule has 0 bridgehead atoms. The fourth-order valence-electron chi connectivity index (χ4n) is 2.06. The van der Waals surface area contributed by atoms with Crippen molar-refractivity contribution in [3.63, 3.8) is 0 Å². The predicted molar refractivity (Wildman–Crippen MR) is 66.4 cm³/mol. The number of aromatic nitrogens is 1. The Labute approximate surface area is 104 Å². The van der Waals surface area contributed by atoms with Gasteiger partial charge in [0, 0.05) is 25.5 Å². The maximum Gasteiger partial charge on any atom is 0.246 e. The third-order valence-electron chi connectivity index (χ3n) is 2.81. The number of fused-ring (bicyclic) bond motifs is 1. The van der Waals surface area contributed by atoms with Crippen molar-refractivity contribution in [1.82, 2.24) is 5.16 Å². The summed E-state index contributed by atoms with van der Waals surface area (Å²) in [5, 5.41) is 3.91. The first kappa shape index (κ1) is 11.0. The zero-order chi connectivity index (χ0) is 12.9. The Kier molecular flexibility index (Phi) is 2.08. The fraction of sp³-hybridized carbons (Fsp3) is 0.308. The molecule has 94 valence electrons. The Morgan fingerprint density at radius 2 is 1.78 bits per heavy atom. The van der Waals surface area contributed by atoms with Crippen LogP contribution in [0.15, 0.2) is 22.7 Å². The highest BCUT2D eigenvalue weighted by Crippen LogP contribution is 2.43. The van der Waals surface area contributed by atoms with Crippen LogP contribution in [0, 0.1) is 6.92 Å². The number of rotatable bonds is 1. The van der Waals surface area contributed by atoms with Gasteiger partial charge in [-0.1, -0.05) is 5.16 Å². The van der Waals surface area contributed by atoms with Gasteiger partial charge in [-0.15, -0.1) is 0 Å². The molecule has 5 nitrogen and oxygen atoms in total. The summed E-state index contributed by atoms with van der Waals surface area (Å²) in [5.74, 6) is 1.12. The summed E-state index contributed by atoms with van der Waals surface area (Å²) < 4.78 is 16.3. The van der Waals surface area contributed by atoms with Crippen LogP contribution in [0.4, 0.5) is 5.88 Å². The Morgan fingerprint density at radius 1 is 1.11 bits per heavy atom. The van der Waals surface area contributed by atoms with Crippen LogP contribution in [0.25, 0.3) is 11.3 Å². The highest BCUT2D eigenvalue weighted by molar-refractivity contribution is 5.69. The van der Waals surface area contributed by atoms with E-state index in [1.807, 2.05) is 32.9 Å². The van der Waals surface area contributed by atoms with Gasteiger partial charge in [0.25, 0.3) is 0 Å². The number of hydrogen-bond donors (Lipinski definition) is 1. The van der Waals surface area contributed by atoms with Crippen LogP contribution >= 0.6 is 0 Å². The zero-order valence-electron chi connectivity index (χ0n) is 10.5. The van der Waals surface area contributed by atoms with E-state index in [4.69, 9.17) is 19.7 Å². The quantitative estimate of drug-likeness (QED) is 0.837. The Morgan fingerprint density at radius 3 is 2.39 bits per heavy atom. The maximum atomic E-state index is 5.71. The highest BCUT2D eigenvalue weighted by atomic mass is 16.7. The van der Waals surface area contributed by atoms with Gasteiger partial charge in [0.05, 0.1) is 0 Å². The third-order valence-corrected chi connectivity index (χ3v) is 2.81. The summed E-state index contributed by atoms with van der Waals surface area (Å²) in [6.45, 7) is 5.72. The monoisotopic (exact) mass is 246 g/mol.